The number of amides is 2. The second-order valence-corrected chi connectivity index (χ2v) is 9.79. The molecule has 0 unspecified atom stereocenters. The minimum Gasteiger partial charge on any atom is -0.270 e. The van der Waals surface area contributed by atoms with Gasteiger partial charge in [-0.2, -0.15) is 0 Å². The molecule has 1 aliphatic carbocycles. The van der Waals surface area contributed by atoms with Gasteiger partial charge in [-0.1, -0.05) is 0 Å². The maximum Gasteiger partial charge on any atom is 0.279 e. The van der Waals surface area contributed by atoms with E-state index < -0.39 is 15.9 Å². The van der Waals surface area contributed by atoms with Gasteiger partial charge in [-0.3, -0.25) is 24.7 Å². The summed E-state index contributed by atoms with van der Waals surface area (Å²) in [6, 6.07) is 6.75. The zero-order chi connectivity index (χ0) is 19.2. The molecule has 0 atom stereocenters. The highest BCUT2D eigenvalue weighted by atomic mass is 32.2. The molecule has 1 aromatic heterocycles. The van der Waals surface area contributed by atoms with Crippen molar-refractivity contribution in [3.8, 4) is 0 Å². The number of hydrazine groups is 1. The predicted octanol–water partition coefficient (Wildman–Crippen LogP) is 1.63. The molecule has 1 aliphatic heterocycles. The molecule has 2 aromatic rings. The number of nitrogens with zero attached hydrogens (tertiary/aromatic N) is 1. The van der Waals surface area contributed by atoms with Crippen LogP contribution in [0.2, 0.25) is 0 Å². The number of hydrogen-bond acceptors (Lipinski definition) is 5. The first-order valence-electron chi connectivity index (χ1n) is 8.66. The number of thiophene rings is 1. The molecule has 2 N–H and O–H groups in total. The van der Waals surface area contributed by atoms with Crippen molar-refractivity contribution in [1.29, 1.82) is 0 Å². The van der Waals surface area contributed by atoms with E-state index in [1.165, 1.54) is 32.3 Å². The number of hydrogen-bond donors (Lipinski definition) is 2. The fourth-order valence-corrected chi connectivity index (χ4v) is 5.65. The summed E-state index contributed by atoms with van der Waals surface area (Å²) in [4.78, 5) is 26.4. The smallest absolute Gasteiger partial charge is 0.270 e. The fraction of sp³-hybridized carbons (Fsp3) is 0.333. The molecule has 4 rings (SSSR count). The van der Waals surface area contributed by atoms with E-state index in [4.69, 9.17) is 0 Å². The third-order valence-electron chi connectivity index (χ3n) is 4.85. The molecular formula is C18H19N3O4S2. The number of nitrogens with one attached hydrogen (secondary N) is 2. The number of carbonyl (C=O) groups is 2. The average Bonchev–Trinajstić information content (AvgIpc) is 3.31. The zero-order valence-corrected chi connectivity index (χ0v) is 16.4. The Morgan fingerprint density at radius 3 is 2.56 bits per heavy atom. The van der Waals surface area contributed by atoms with Gasteiger partial charge >= 0.3 is 0 Å². The van der Waals surface area contributed by atoms with Crippen LogP contribution in [0.1, 0.15) is 42.5 Å². The number of fused-ring (bicyclic) bond motifs is 2. The molecule has 27 heavy (non-hydrogen) atoms. The Balaban J connectivity index is 1.42. The van der Waals surface area contributed by atoms with Crippen LogP contribution in [0.15, 0.2) is 24.3 Å². The minimum absolute atomic E-state index is 0.327. The van der Waals surface area contributed by atoms with E-state index in [9.17, 15) is 18.0 Å². The second kappa shape index (κ2) is 6.65. The third-order valence-corrected chi connectivity index (χ3v) is 7.27. The quantitative estimate of drug-likeness (QED) is 0.759. The number of benzene rings is 1. The highest BCUT2D eigenvalue weighted by Gasteiger charge is 2.27. The van der Waals surface area contributed by atoms with Crippen molar-refractivity contribution in [1.82, 2.24) is 10.9 Å². The van der Waals surface area contributed by atoms with Crippen LogP contribution >= 0.6 is 11.3 Å². The van der Waals surface area contributed by atoms with Crippen molar-refractivity contribution in [2.45, 2.75) is 25.7 Å². The zero-order valence-electron chi connectivity index (χ0n) is 14.7. The van der Waals surface area contributed by atoms with Crippen molar-refractivity contribution in [2.75, 3.05) is 17.1 Å². The summed E-state index contributed by atoms with van der Waals surface area (Å²) in [5.74, 6) is -0.764. The SMILES string of the molecule is CS(=O)(=O)N1CCc2cc(C(=O)NNC(=O)c3cc4c(s3)CCC4)ccc21. The summed E-state index contributed by atoms with van der Waals surface area (Å²) in [7, 11) is -3.32. The van der Waals surface area contributed by atoms with Crippen LogP contribution in [0.25, 0.3) is 0 Å². The largest absolute Gasteiger partial charge is 0.279 e. The van der Waals surface area contributed by atoms with E-state index in [0.29, 0.717) is 29.1 Å². The van der Waals surface area contributed by atoms with Gasteiger partial charge in [0.25, 0.3) is 11.8 Å². The highest BCUT2D eigenvalue weighted by molar-refractivity contribution is 7.92. The molecular weight excluding hydrogens is 386 g/mol. The van der Waals surface area contributed by atoms with Crippen molar-refractivity contribution < 1.29 is 18.0 Å². The van der Waals surface area contributed by atoms with Crippen LogP contribution in [0, 0.1) is 0 Å². The Morgan fingerprint density at radius 1 is 1.04 bits per heavy atom. The van der Waals surface area contributed by atoms with Gasteiger partial charge in [-0.15, -0.1) is 11.3 Å². The molecule has 0 bridgehead atoms. The molecule has 7 nitrogen and oxygen atoms in total. The number of anilines is 1. The number of rotatable bonds is 3. The van der Waals surface area contributed by atoms with Crippen LogP contribution in [-0.4, -0.2) is 33.0 Å². The first-order valence-corrected chi connectivity index (χ1v) is 11.3. The van der Waals surface area contributed by atoms with E-state index >= 15 is 0 Å². The molecule has 142 valence electrons. The van der Waals surface area contributed by atoms with E-state index in [2.05, 4.69) is 10.9 Å². The van der Waals surface area contributed by atoms with Crippen LogP contribution in [-0.2, 0) is 29.3 Å². The molecule has 2 amide bonds. The molecule has 0 spiro atoms. The highest BCUT2D eigenvalue weighted by Crippen LogP contribution is 2.31. The van der Waals surface area contributed by atoms with E-state index in [1.54, 1.807) is 18.2 Å². The Bertz CT molecular complexity index is 1020. The lowest BCUT2D eigenvalue weighted by Gasteiger charge is -2.16. The van der Waals surface area contributed by atoms with Crippen LogP contribution in [0.3, 0.4) is 0 Å². The predicted molar refractivity (Wildman–Crippen MR) is 104 cm³/mol. The summed E-state index contributed by atoms with van der Waals surface area (Å²) in [6.45, 7) is 0.374. The van der Waals surface area contributed by atoms with Gasteiger partial charge < -0.3 is 0 Å². The molecule has 0 saturated heterocycles. The lowest BCUT2D eigenvalue weighted by Crippen LogP contribution is -2.41. The first kappa shape index (κ1) is 18.0. The lowest BCUT2D eigenvalue weighted by molar-refractivity contribution is 0.0849. The van der Waals surface area contributed by atoms with Crippen molar-refractivity contribution >= 4 is 38.9 Å². The van der Waals surface area contributed by atoms with Gasteiger partial charge in [0.1, 0.15) is 0 Å². The molecule has 0 radical (unpaired) electrons. The van der Waals surface area contributed by atoms with Crippen LogP contribution in [0.5, 0.6) is 0 Å². The van der Waals surface area contributed by atoms with Crippen molar-refractivity contribution in [3.63, 3.8) is 0 Å². The second-order valence-electron chi connectivity index (χ2n) is 6.75. The number of aryl methyl sites for hydroxylation is 2. The van der Waals surface area contributed by atoms with Gasteiger partial charge in [-0.05, 0) is 61.1 Å². The topological polar surface area (TPSA) is 95.6 Å². The Hall–Kier alpha value is -2.39. The first-order chi connectivity index (χ1) is 12.8. The Morgan fingerprint density at radius 2 is 1.81 bits per heavy atom. The summed E-state index contributed by atoms with van der Waals surface area (Å²) < 4.78 is 24.9. The van der Waals surface area contributed by atoms with E-state index in [-0.39, 0.29) is 5.91 Å². The maximum absolute atomic E-state index is 12.3. The normalized spacial score (nSPS) is 15.4. The molecule has 0 saturated carbocycles. The van der Waals surface area contributed by atoms with E-state index in [0.717, 1.165) is 24.8 Å². The fourth-order valence-electron chi connectivity index (χ4n) is 3.55. The minimum atomic E-state index is -3.32. The van der Waals surface area contributed by atoms with E-state index in [1.807, 2.05) is 6.07 Å². The Kier molecular flexibility index (Phi) is 4.43. The van der Waals surface area contributed by atoms with Crippen molar-refractivity contribution in [2.24, 2.45) is 0 Å². The molecule has 2 heterocycles. The van der Waals surface area contributed by atoms with Crippen LogP contribution < -0.4 is 15.2 Å². The molecule has 0 fully saturated rings. The van der Waals surface area contributed by atoms with Crippen molar-refractivity contribution in [3.05, 3.63) is 50.7 Å². The number of sulfonamides is 1. The lowest BCUT2D eigenvalue weighted by atomic mass is 10.1. The summed E-state index contributed by atoms with van der Waals surface area (Å²) in [5.41, 5.74) is 7.89. The third kappa shape index (κ3) is 3.44. The average molecular weight is 406 g/mol. The molecule has 9 heteroatoms. The number of carbonyl (C=O) groups excluding carboxylic acids is 2. The van der Waals surface area contributed by atoms with Gasteiger partial charge in [0.15, 0.2) is 0 Å². The summed E-state index contributed by atoms with van der Waals surface area (Å²) >= 11 is 1.47. The molecule has 1 aromatic carbocycles. The maximum atomic E-state index is 12.3. The van der Waals surface area contributed by atoms with Gasteiger partial charge in [0.2, 0.25) is 10.0 Å². The van der Waals surface area contributed by atoms with Gasteiger partial charge in [0.05, 0.1) is 16.8 Å². The van der Waals surface area contributed by atoms with Crippen LogP contribution in [0.4, 0.5) is 5.69 Å². The summed E-state index contributed by atoms with van der Waals surface area (Å²) in [6.07, 6.45) is 4.87. The van der Waals surface area contributed by atoms with Gasteiger partial charge in [0, 0.05) is 17.0 Å². The summed E-state index contributed by atoms with van der Waals surface area (Å²) in [5, 5.41) is 0. The molecule has 2 aliphatic rings. The monoisotopic (exact) mass is 405 g/mol. The Labute approximate surface area is 161 Å². The standard InChI is InChI=1S/C18H19N3O4S2/c1-27(24,25)21-8-7-11-9-13(5-6-14(11)21)17(22)19-20-18(23)16-10-12-3-2-4-15(12)26-16/h5-6,9-10H,2-4,7-8H2,1H3,(H,19,22)(H,20,23). The van der Waals surface area contributed by atoms with Gasteiger partial charge in [-0.25, -0.2) is 8.42 Å².